The molecule has 3 unspecified atom stereocenters. The van der Waals surface area contributed by atoms with Crippen LogP contribution in [0.3, 0.4) is 0 Å². The molecule has 3 atom stereocenters. The van der Waals surface area contributed by atoms with Crippen LogP contribution in [0.1, 0.15) is 63.1 Å². The highest BCUT2D eigenvalue weighted by Crippen LogP contribution is 2.21. The maximum Gasteiger partial charge on any atom is 0.327 e. The minimum absolute atomic E-state index is 0.130. The Morgan fingerprint density at radius 3 is 2.50 bits per heavy atom. The van der Waals surface area contributed by atoms with Crippen LogP contribution < -0.4 is 11.6 Å². The summed E-state index contributed by atoms with van der Waals surface area (Å²) in [5, 5.41) is 29.9. The summed E-state index contributed by atoms with van der Waals surface area (Å²) in [6.07, 6.45) is 7.60. The van der Waals surface area contributed by atoms with Crippen LogP contribution >= 0.6 is 12.0 Å². The van der Waals surface area contributed by atoms with Crippen molar-refractivity contribution in [1.29, 1.82) is 0 Å². The number of hydrogen-bond acceptors (Lipinski definition) is 9. The van der Waals surface area contributed by atoms with Crippen molar-refractivity contribution in [2.45, 2.75) is 82.5 Å². The zero-order chi connectivity index (χ0) is 22.4. The quantitative estimate of drug-likeness (QED) is 0.104. The first-order valence-electron chi connectivity index (χ1n) is 10.3. The van der Waals surface area contributed by atoms with Crippen molar-refractivity contribution < 1.29 is 29.4 Å². The molecule has 1 heterocycles. The minimum atomic E-state index is -2.12. The second kappa shape index (κ2) is 14.7. The molecule has 172 valence electrons. The number of aryl methyl sites for hydroxylation is 2. The van der Waals surface area contributed by atoms with Gasteiger partial charge in [-0.15, -0.1) is 9.32 Å². The van der Waals surface area contributed by atoms with E-state index in [9.17, 15) is 20.1 Å². The van der Waals surface area contributed by atoms with Crippen molar-refractivity contribution >= 4 is 18.0 Å². The maximum atomic E-state index is 11.5. The summed E-state index contributed by atoms with van der Waals surface area (Å²) < 4.78 is 4.35. The minimum Gasteiger partial charge on any atom is -0.480 e. The molecule has 1 aromatic rings. The number of pyridine rings is 1. The number of aromatic nitrogens is 1. The van der Waals surface area contributed by atoms with Gasteiger partial charge in [0, 0.05) is 23.9 Å². The molecule has 0 aliphatic carbocycles. The Labute approximate surface area is 182 Å². The Morgan fingerprint density at radius 2 is 1.90 bits per heavy atom. The number of aliphatic carboxylic acids is 1. The van der Waals surface area contributed by atoms with Crippen LogP contribution in [0.25, 0.3) is 0 Å². The van der Waals surface area contributed by atoms with Gasteiger partial charge >= 0.3 is 5.97 Å². The lowest BCUT2D eigenvalue weighted by Crippen LogP contribution is -2.63. The standard InChI is InChI=1S/C20H35N3O6S/c1-2-3-4-5-6-7-8-16-11-9-15(13-23-16)10-12-17(24)18(25)20(21,19(26)27)14-30-29-28-22/h9,11,13,17-18,24-25H,2-8,10,12,14,21-22H2,1H3,(H,26,27). The molecule has 0 amide bonds. The van der Waals surface area contributed by atoms with E-state index in [4.69, 9.17) is 11.6 Å². The largest absolute Gasteiger partial charge is 0.480 e. The molecule has 10 heteroatoms. The van der Waals surface area contributed by atoms with E-state index in [1.165, 1.54) is 32.1 Å². The Bertz CT molecular complexity index is 607. The van der Waals surface area contributed by atoms with Gasteiger partial charge in [0.2, 0.25) is 0 Å². The van der Waals surface area contributed by atoms with Crippen molar-refractivity contribution in [2.24, 2.45) is 11.6 Å². The molecular formula is C20H35N3O6S. The van der Waals surface area contributed by atoms with Crippen molar-refractivity contribution in [3.63, 3.8) is 0 Å². The fourth-order valence-electron chi connectivity index (χ4n) is 3.08. The highest BCUT2D eigenvalue weighted by molar-refractivity contribution is 7.94. The normalized spacial score (nSPS) is 15.5. The fourth-order valence-corrected chi connectivity index (χ4v) is 3.67. The average molecular weight is 446 g/mol. The topological polar surface area (TPSA) is 161 Å². The van der Waals surface area contributed by atoms with Crippen LogP contribution in [-0.2, 0) is 27.0 Å². The van der Waals surface area contributed by atoms with Crippen molar-refractivity contribution in [1.82, 2.24) is 4.98 Å². The summed E-state index contributed by atoms with van der Waals surface area (Å²) in [5.74, 6) is 2.86. The number of nitrogens with zero attached hydrogens (tertiary/aromatic N) is 1. The predicted octanol–water partition coefficient (Wildman–Crippen LogP) is 1.89. The first-order valence-corrected chi connectivity index (χ1v) is 11.2. The molecule has 0 spiro atoms. The van der Waals surface area contributed by atoms with Gasteiger partial charge in [0.15, 0.2) is 5.54 Å². The summed E-state index contributed by atoms with van der Waals surface area (Å²) in [6, 6.07) is 3.91. The van der Waals surface area contributed by atoms with Crippen LogP contribution in [0.15, 0.2) is 18.3 Å². The third-order valence-corrected chi connectivity index (χ3v) is 5.85. The summed E-state index contributed by atoms with van der Waals surface area (Å²) in [7, 11) is 0. The van der Waals surface area contributed by atoms with E-state index < -0.39 is 23.7 Å². The Morgan fingerprint density at radius 1 is 1.20 bits per heavy atom. The molecule has 0 radical (unpaired) electrons. The van der Waals surface area contributed by atoms with Gasteiger partial charge in [0.25, 0.3) is 0 Å². The third kappa shape index (κ3) is 9.25. The van der Waals surface area contributed by atoms with Gasteiger partial charge in [-0.25, -0.2) is 0 Å². The second-order valence-electron chi connectivity index (χ2n) is 7.50. The highest BCUT2D eigenvalue weighted by Gasteiger charge is 2.45. The van der Waals surface area contributed by atoms with E-state index in [1.54, 1.807) is 6.20 Å². The first kappa shape index (κ1) is 26.8. The van der Waals surface area contributed by atoms with E-state index in [0.29, 0.717) is 18.5 Å². The van der Waals surface area contributed by atoms with Gasteiger partial charge in [-0.1, -0.05) is 45.1 Å². The average Bonchev–Trinajstić information content (AvgIpc) is 2.74. The Hall–Kier alpha value is -1.27. The van der Waals surface area contributed by atoms with Crippen LogP contribution in [0.4, 0.5) is 0 Å². The molecule has 0 saturated carbocycles. The molecule has 0 aromatic carbocycles. The van der Waals surface area contributed by atoms with Crippen molar-refractivity contribution in [3.8, 4) is 0 Å². The molecular weight excluding hydrogens is 410 g/mol. The third-order valence-electron chi connectivity index (χ3n) is 5.08. The van der Waals surface area contributed by atoms with E-state index in [-0.39, 0.29) is 12.2 Å². The van der Waals surface area contributed by atoms with E-state index in [1.807, 2.05) is 12.1 Å². The van der Waals surface area contributed by atoms with E-state index >= 15 is 0 Å². The lowest BCUT2D eigenvalue weighted by molar-refractivity contribution is -0.196. The molecule has 0 saturated heterocycles. The van der Waals surface area contributed by atoms with Gasteiger partial charge < -0.3 is 21.1 Å². The zero-order valence-corrected chi connectivity index (χ0v) is 18.4. The summed E-state index contributed by atoms with van der Waals surface area (Å²) in [4.78, 5) is 19.8. The van der Waals surface area contributed by atoms with E-state index in [0.717, 1.165) is 24.1 Å². The van der Waals surface area contributed by atoms with Gasteiger partial charge in [0.05, 0.1) is 11.9 Å². The number of carbonyl (C=O) groups is 1. The first-order chi connectivity index (χ1) is 14.3. The number of unbranched alkanes of at least 4 members (excludes halogenated alkanes) is 5. The Balaban J connectivity index is 2.47. The molecule has 1 aromatic heterocycles. The molecule has 0 bridgehead atoms. The molecule has 30 heavy (non-hydrogen) atoms. The molecule has 7 N–H and O–H groups in total. The molecule has 0 aliphatic heterocycles. The van der Waals surface area contributed by atoms with E-state index in [2.05, 4.69) is 21.2 Å². The number of rotatable bonds is 17. The molecule has 0 aliphatic rings. The smallest absolute Gasteiger partial charge is 0.327 e. The lowest BCUT2D eigenvalue weighted by atomic mass is 9.89. The van der Waals surface area contributed by atoms with Crippen molar-refractivity contribution in [3.05, 3.63) is 29.6 Å². The van der Waals surface area contributed by atoms with Crippen LogP contribution in [-0.4, -0.2) is 49.8 Å². The van der Waals surface area contributed by atoms with Crippen molar-refractivity contribution in [2.75, 3.05) is 5.75 Å². The fraction of sp³-hybridized carbons (Fsp3) is 0.700. The molecule has 0 fully saturated rings. The van der Waals surface area contributed by atoms with Gasteiger partial charge in [0.1, 0.15) is 6.10 Å². The highest BCUT2D eigenvalue weighted by atomic mass is 32.2. The second-order valence-corrected chi connectivity index (χ2v) is 8.16. The van der Waals surface area contributed by atoms with Gasteiger partial charge in [-0.3, -0.25) is 9.78 Å². The van der Waals surface area contributed by atoms with Gasteiger partial charge in [-0.05, 0) is 37.3 Å². The number of aliphatic hydroxyl groups excluding tert-OH is 2. The molecule has 9 nitrogen and oxygen atoms in total. The summed E-state index contributed by atoms with van der Waals surface area (Å²) in [5.41, 5.74) is 5.57. The Kier molecular flexibility index (Phi) is 13.1. The van der Waals surface area contributed by atoms with Crippen LogP contribution in [0.2, 0.25) is 0 Å². The number of carboxylic acids is 1. The number of nitrogens with two attached hydrogens (primary N) is 2. The molecule has 1 rings (SSSR count). The lowest BCUT2D eigenvalue weighted by Gasteiger charge is -2.32. The maximum absolute atomic E-state index is 11.5. The summed E-state index contributed by atoms with van der Waals surface area (Å²) >= 11 is 0.528. The number of carboxylic acid groups (broad SMARTS) is 1. The summed E-state index contributed by atoms with van der Waals surface area (Å²) in [6.45, 7) is 2.20. The predicted molar refractivity (Wildman–Crippen MR) is 115 cm³/mol. The number of hydrogen-bond donors (Lipinski definition) is 5. The van der Waals surface area contributed by atoms with Crippen LogP contribution in [0.5, 0.6) is 0 Å². The van der Waals surface area contributed by atoms with Crippen LogP contribution in [0, 0.1) is 0 Å². The van der Waals surface area contributed by atoms with Gasteiger partial charge in [-0.2, -0.15) is 5.90 Å². The zero-order valence-electron chi connectivity index (χ0n) is 17.5. The number of aliphatic hydroxyl groups is 2. The monoisotopic (exact) mass is 445 g/mol. The SMILES string of the molecule is CCCCCCCCc1ccc(CCC(O)C(O)C(N)(CSOON)C(=O)O)cn1.